The lowest BCUT2D eigenvalue weighted by Gasteiger charge is -2.36. The van der Waals surface area contributed by atoms with E-state index in [0.29, 0.717) is 6.61 Å². The van der Waals surface area contributed by atoms with Crippen molar-refractivity contribution in [2.45, 2.75) is 45.0 Å². The summed E-state index contributed by atoms with van der Waals surface area (Å²) in [6, 6.07) is 12.3. The summed E-state index contributed by atoms with van der Waals surface area (Å²) < 4.78 is 24.5. The monoisotopic (exact) mass is 366 g/mol. The van der Waals surface area contributed by atoms with Crippen molar-refractivity contribution in [3.63, 3.8) is 0 Å². The zero-order valence-corrected chi connectivity index (χ0v) is 16.3. The summed E-state index contributed by atoms with van der Waals surface area (Å²) in [5.41, 5.74) is 2.70. The molecular formula is C23H26O4. The van der Waals surface area contributed by atoms with Gasteiger partial charge in [-0.05, 0) is 38.5 Å². The Bertz CT molecular complexity index is 854. The molecule has 0 aliphatic carbocycles. The standard InChI is InChI=1S/C23H26O4/c1-5-25-19-13-17(15-9-7-6-8-10-15)26-20-14-18-16(22(24-4)21(19)20)11-12-23(2,3)27-18/h6-12,14,17,19H,5,13H2,1-4H3. The second-order valence-corrected chi connectivity index (χ2v) is 7.47. The van der Waals surface area contributed by atoms with Crippen LogP contribution in [0.25, 0.3) is 6.08 Å². The highest BCUT2D eigenvalue weighted by Gasteiger charge is 2.36. The van der Waals surface area contributed by atoms with E-state index in [1.54, 1.807) is 7.11 Å². The van der Waals surface area contributed by atoms with Crippen LogP contribution in [0.3, 0.4) is 0 Å². The first-order valence-corrected chi connectivity index (χ1v) is 9.48. The van der Waals surface area contributed by atoms with Crippen LogP contribution in [-0.2, 0) is 4.74 Å². The van der Waals surface area contributed by atoms with Crippen LogP contribution in [0.1, 0.15) is 56.1 Å². The second kappa shape index (κ2) is 6.93. The molecule has 2 aliphatic heterocycles. The van der Waals surface area contributed by atoms with Gasteiger partial charge >= 0.3 is 0 Å². The van der Waals surface area contributed by atoms with E-state index in [0.717, 1.165) is 40.4 Å². The summed E-state index contributed by atoms with van der Waals surface area (Å²) >= 11 is 0. The van der Waals surface area contributed by atoms with E-state index in [1.165, 1.54) is 0 Å². The molecular weight excluding hydrogens is 340 g/mol. The van der Waals surface area contributed by atoms with Crippen LogP contribution in [0, 0.1) is 0 Å². The van der Waals surface area contributed by atoms with E-state index >= 15 is 0 Å². The molecule has 0 radical (unpaired) electrons. The molecule has 142 valence electrons. The number of hydrogen-bond acceptors (Lipinski definition) is 4. The minimum Gasteiger partial charge on any atom is -0.495 e. The Balaban J connectivity index is 1.83. The summed E-state index contributed by atoms with van der Waals surface area (Å²) in [4.78, 5) is 0. The normalized spacial score (nSPS) is 22.2. The molecule has 2 aromatic carbocycles. The number of fused-ring (bicyclic) bond motifs is 2. The third-order valence-electron chi connectivity index (χ3n) is 5.07. The quantitative estimate of drug-likeness (QED) is 0.718. The van der Waals surface area contributed by atoms with Crippen molar-refractivity contribution in [2.24, 2.45) is 0 Å². The summed E-state index contributed by atoms with van der Waals surface area (Å²) in [7, 11) is 1.69. The van der Waals surface area contributed by atoms with Gasteiger partial charge in [-0.1, -0.05) is 30.3 Å². The summed E-state index contributed by atoms with van der Waals surface area (Å²) in [6.07, 6.45) is 4.72. The molecule has 27 heavy (non-hydrogen) atoms. The number of benzene rings is 2. The third-order valence-corrected chi connectivity index (χ3v) is 5.07. The zero-order chi connectivity index (χ0) is 19.0. The Morgan fingerprint density at radius 3 is 2.63 bits per heavy atom. The van der Waals surface area contributed by atoms with Gasteiger partial charge < -0.3 is 18.9 Å². The van der Waals surface area contributed by atoms with Crippen LogP contribution >= 0.6 is 0 Å². The van der Waals surface area contributed by atoms with Crippen LogP contribution in [0.15, 0.2) is 42.5 Å². The van der Waals surface area contributed by atoms with Gasteiger partial charge in [0.25, 0.3) is 0 Å². The first kappa shape index (κ1) is 17.9. The van der Waals surface area contributed by atoms with Gasteiger partial charge in [0, 0.05) is 19.1 Å². The van der Waals surface area contributed by atoms with E-state index in [4.69, 9.17) is 18.9 Å². The molecule has 2 heterocycles. The topological polar surface area (TPSA) is 36.9 Å². The molecule has 0 aromatic heterocycles. The largest absolute Gasteiger partial charge is 0.495 e. The minimum absolute atomic E-state index is 0.0647. The molecule has 0 saturated heterocycles. The molecule has 2 aromatic rings. The van der Waals surface area contributed by atoms with Crippen LogP contribution in [0.2, 0.25) is 0 Å². The fourth-order valence-corrected chi connectivity index (χ4v) is 3.85. The summed E-state index contributed by atoms with van der Waals surface area (Å²) in [6.45, 7) is 6.72. The van der Waals surface area contributed by atoms with Crippen molar-refractivity contribution in [1.82, 2.24) is 0 Å². The second-order valence-electron chi connectivity index (χ2n) is 7.47. The molecule has 0 spiro atoms. The molecule has 4 nitrogen and oxygen atoms in total. The van der Waals surface area contributed by atoms with Crippen molar-refractivity contribution in [3.05, 3.63) is 59.2 Å². The van der Waals surface area contributed by atoms with Crippen LogP contribution in [-0.4, -0.2) is 19.3 Å². The molecule has 4 heteroatoms. The lowest BCUT2D eigenvalue weighted by molar-refractivity contribution is 0.00365. The van der Waals surface area contributed by atoms with E-state index in [9.17, 15) is 0 Å². The molecule has 0 bridgehead atoms. The van der Waals surface area contributed by atoms with Gasteiger partial charge in [0.1, 0.15) is 29.0 Å². The van der Waals surface area contributed by atoms with Gasteiger partial charge in [-0.25, -0.2) is 0 Å². The Morgan fingerprint density at radius 2 is 1.93 bits per heavy atom. The smallest absolute Gasteiger partial charge is 0.139 e. The summed E-state index contributed by atoms with van der Waals surface area (Å²) in [5, 5.41) is 0. The average Bonchev–Trinajstić information content (AvgIpc) is 2.66. The van der Waals surface area contributed by atoms with Gasteiger partial charge in [0.15, 0.2) is 0 Å². The molecule has 0 fully saturated rings. The van der Waals surface area contributed by atoms with Crippen molar-refractivity contribution >= 4 is 6.08 Å². The van der Waals surface area contributed by atoms with Crippen LogP contribution in [0.5, 0.6) is 17.2 Å². The van der Waals surface area contributed by atoms with Crippen molar-refractivity contribution in [3.8, 4) is 17.2 Å². The van der Waals surface area contributed by atoms with Crippen molar-refractivity contribution in [1.29, 1.82) is 0 Å². The molecule has 2 unspecified atom stereocenters. The van der Waals surface area contributed by atoms with Gasteiger partial charge in [-0.2, -0.15) is 0 Å². The van der Waals surface area contributed by atoms with E-state index < -0.39 is 0 Å². The Morgan fingerprint density at radius 1 is 1.15 bits per heavy atom. The number of methoxy groups -OCH3 is 1. The maximum atomic E-state index is 6.41. The Hall–Kier alpha value is -2.46. The van der Waals surface area contributed by atoms with Gasteiger partial charge in [0.05, 0.1) is 24.3 Å². The summed E-state index contributed by atoms with van der Waals surface area (Å²) in [5.74, 6) is 2.33. The van der Waals surface area contributed by atoms with Gasteiger partial charge in [0.2, 0.25) is 0 Å². The highest BCUT2D eigenvalue weighted by molar-refractivity contribution is 5.72. The predicted octanol–water partition coefficient (Wildman–Crippen LogP) is 5.48. The van der Waals surface area contributed by atoms with Crippen molar-refractivity contribution < 1.29 is 18.9 Å². The molecule has 0 N–H and O–H groups in total. The lowest BCUT2D eigenvalue weighted by Crippen LogP contribution is -2.28. The zero-order valence-electron chi connectivity index (χ0n) is 16.3. The average molecular weight is 366 g/mol. The fourth-order valence-electron chi connectivity index (χ4n) is 3.85. The van der Waals surface area contributed by atoms with Crippen molar-refractivity contribution in [2.75, 3.05) is 13.7 Å². The Labute approximate surface area is 160 Å². The van der Waals surface area contributed by atoms with E-state index in [1.807, 2.05) is 45.0 Å². The molecule has 0 saturated carbocycles. The number of rotatable bonds is 4. The first-order valence-electron chi connectivity index (χ1n) is 9.48. The van der Waals surface area contributed by atoms with E-state index in [2.05, 4.69) is 24.3 Å². The number of ether oxygens (including phenoxy) is 4. The Kier molecular flexibility index (Phi) is 4.60. The highest BCUT2D eigenvalue weighted by atomic mass is 16.5. The van der Waals surface area contributed by atoms with E-state index in [-0.39, 0.29) is 17.8 Å². The van der Waals surface area contributed by atoms with Crippen LogP contribution < -0.4 is 14.2 Å². The third kappa shape index (κ3) is 3.30. The fraction of sp³-hybridized carbons (Fsp3) is 0.391. The minimum atomic E-state index is -0.362. The SMILES string of the molecule is CCOC1CC(c2ccccc2)Oc2cc3c(c(OC)c21)C=CC(C)(C)O3. The molecule has 2 aliphatic rings. The molecule has 4 rings (SSSR count). The first-order chi connectivity index (χ1) is 13.0. The molecule has 0 amide bonds. The maximum absolute atomic E-state index is 6.41. The van der Waals surface area contributed by atoms with Gasteiger partial charge in [-0.15, -0.1) is 0 Å². The predicted molar refractivity (Wildman–Crippen MR) is 106 cm³/mol. The lowest BCUT2D eigenvalue weighted by atomic mass is 9.91. The van der Waals surface area contributed by atoms with Gasteiger partial charge in [-0.3, -0.25) is 0 Å². The number of hydrogen-bond donors (Lipinski definition) is 0. The maximum Gasteiger partial charge on any atom is 0.139 e. The van der Waals surface area contributed by atoms with Crippen LogP contribution in [0.4, 0.5) is 0 Å². The molecule has 2 atom stereocenters. The highest BCUT2D eigenvalue weighted by Crippen LogP contribution is 2.52.